The van der Waals surface area contributed by atoms with Gasteiger partial charge in [0.1, 0.15) is 24.7 Å². The van der Waals surface area contributed by atoms with Crippen LogP contribution in [0.25, 0.3) is 11.1 Å². The first-order valence-corrected chi connectivity index (χ1v) is 8.41. The molecule has 27 heavy (non-hydrogen) atoms. The summed E-state index contributed by atoms with van der Waals surface area (Å²) in [5.74, 6) is -0.172. The fourth-order valence-corrected chi connectivity index (χ4v) is 2.22. The number of ether oxygens (including phenoxy) is 3. The van der Waals surface area contributed by atoms with Crippen molar-refractivity contribution in [1.29, 1.82) is 0 Å². The van der Waals surface area contributed by atoms with Gasteiger partial charge in [-0.3, -0.25) is 0 Å². The number of hydrogen-bond acceptors (Lipinski definition) is 5. The predicted octanol–water partition coefficient (Wildman–Crippen LogP) is 4.25. The van der Waals surface area contributed by atoms with Crippen LogP contribution in [0.5, 0.6) is 11.5 Å². The molecule has 2 rings (SSSR count). The molecule has 0 saturated heterocycles. The maximum atomic E-state index is 11.7. The van der Waals surface area contributed by atoms with Gasteiger partial charge in [0.2, 0.25) is 0 Å². The highest BCUT2D eigenvalue weighted by molar-refractivity contribution is 5.87. The Labute approximate surface area is 158 Å². The molecular formula is C22H22O5. The predicted molar refractivity (Wildman–Crippen MR) is 104 cm³/mol. The Balaban J connectivity index is 2.15. The zero-order chi connectivity index (χ0) is 19.8. The molecule has 140 valence electrons. The molecule has 0 radical (unpaired) electrons. The number of hydrogen-bond donors (Lipinski definition) is 0. The fraction of sp³-hybridized carbons (Fsp3) is 0.182. The average Bonchev–Trinajstić information content (AvgIpc) is 2.66. The Morgan fingerprint density at radius 1 is 1.07 bits per heavy atom. The number of carbonyl (C=O) groups is 2. The van der Waals surface area contributed by atoms with Crippen molar-refractivity contribution in [3.8, 4) is 22.6 Å². The highest BCUT2D eigenvalue weighted by Gasteiger charge is 2.12. The van der Waals surface area contributed by atoms with Gasteiger partial charge in [-0.25, -0.2) is 9.59 Å². The third-order valence-electron chi connectivity index (χ3n) is 3.63. The van der Waals surface area contributed by atoms with E-state index in [1.54, 1.807) is 19.1 Å². The van der Waals surface area contributed by atoms with Crippen LogP contribution >= 0.6 is 0 Å². The van der Waals surface area contributed by atoms with Gasteiger partial charge in [0, 0.05) is 23.3 Å². The first-order chi connectivity index (χ1) is 12.9. The highest BCUT2D eigenvalue weighted by atomic mass is 16.6. The molecule has 2 aromatic carbocycles. The molecule has 0 aliphatic carbocycles. The lowest BCUT2D eigenvalue weighted by atomic mass is 10.0. The van der Waals surface area contributed by atoms with Crippen LogP contribution in [0, 0.1) is 6.92 Å². The van der Waals surface area contributed by atoms with E-state index < -0.39 is 11.9 Å². The first-order valence-electron chi connectivity index (χ1n) is 8.41. The Morgan fingerprint density at radius 2 is 1.78 bits per heavy atom. The Morgan fingerprint density at radius 3 is 2.41 bits per heavy atom. The van der Waals surface area contributed by atoms with Crippen LogP contribution in [0.15, 0.2) is 67.3 Å². The van der Waals surface area contributed by atoms with Gasteiger partial charge in [0.15, 0.2) is 0 Å². The van der Waals surface area contributed by atoms with E-state index in [0.717, 1.165) is 22.8 Å². The van der Waals surface area contributed by atoms with Gasteiger partial charge in [0.25, 0.3) is 0 Å². The lowest BCUT2D eigenvalue weighted by molar-refractivity contribution is -0.139. The monoisotopic (exact) mass is 366 g/mol. The Bertz CT molecular complexity index is 850. The summed E-state index contributed by atoms with van der Waals surface area (Å²) in [7, 11) is 0. The van der Waals surface area contributed by atoms with Crippen molar-refractivity contribution in [2.75, 3.05) is 13.2 Å². The van der Waals surface area contributed by atoms with E-state index in [4.69, 9.17) is 14.2 Å². The first kappa shape index (κ1) is 20.0. The molecular weight excluding hydrogens is 344 g/mol. The van der Waals surface area contributed by atoms with Crippen LogP contribution in [0.3, 0.4) is 0 Å². The second-order valence-corrected chi connectivity index (χ2v) is 5.91. The molecule has 0 unspecified atom stereocenters. The van der Waals surface area contributed by atoms with Gasteiger partial charge in [0.05, 0.1) is 0 Å². The zero-order valence-electron chi connectivity index (χ0n) is 15.5. The highest BCUT2D eigenvalue weighted by Crippen LogP contribution is 2.34. The van der Waals surface area contributed by atoms with Gasteiger partial charge in [-0.15, -0.1) is 0 Å². The van der Waals surface area contributed by atoms with Crippen molar-refractivity contribution in [1.82, 2.24) is 0 Å². The Kier molecular flexibility index (Phi) is 6.94. The lowest BCUT2D eigenvalue weighted by Crippen LogP contribution is -2.12. The summed E-state index contributed by atoms with van der Waals surface area (Å²) in [4.78, 5) is 23.0. The molecule has 0 aliphatic rings. The summed E-state index contributed by atoms with van der Waals surface area (Å²) in [6.45, 7) is 10.8. The third-order valence-corrected chi connectivity index (χ3v) is 3.63. The summed E-state index contributed by atoms with van der Waals surface area (Å²) >= 11 is 0. The minimum absolute atomic E-state index is 0.0905. The van der Waals surface area contributed by atoms with E-state index in [0.29, 0.717) is 17.1 Å². The Hall–Kier alpha value is -3.34. The van der Waals surface area contributed by atoms with Crippen LogP contribution < -0.4 is 9.47 Å². The molecule has 0 atom stereocenters. The third kappa shape index (κ3) is 5.85. The summed E-state index contributed by atoms with van der Waals surface area (Å²) in [6, 6.07) is 13.1. The molecule has 0 aliphatic heterocycles. The average molecular weight is 366 g/mol. The van der Waals surface area contributed by atoms with Crippen molar-refractivity contribution in [2.45, 2.75) is 13.8 Å². The summed E-state index contributed by atoms with van der Waals surface area (Å²) in [6.07, 6.45) is 1.10. The molecule has 0 bridgehead atoms. The number of benzene rings is 2. The van der Waals surface area contributed by atoms with Crippen LogP contribution in [0.1, 0.15) is 12.5 Å². The molecule has 0 aromatic heterocycles. The number of carbonyl (C=O) groups excluding carboxylic acids is 2. The minimum atomic E-state index is -0.559. The standard InChI is InChI=1S/C22H22O5/c1-5-21(23)27-20-14-18(25-12-13-26-22(24)15(2)3)10-11-19(20)17-8-6-16(4)7-9-17/h5-11,14H,1-2,12-13H2,3-4H3. The smallest absolute Gasteiger partial charge is 0.335 e. The fourth-order valence-electron chi connectivity index (χ4n) is 2.22. The van der Waals surface area contributed by atoms with Crippen molar-refractivity contribution in [2.24, 2.45) is 0 Å². The molecule has 0 saturated carbocycles. The van der Waals surface area contributed by atoms with Crippen LogP contribution in [0.4, 0.5) is 0 Å². The number of esters is 2. The SMILES string of the molecule is C=CC(=O)Oc1cc(OCCOC(=O)C(=C)C)ccc1-c1ccc(C)cc1. The summed E-state index contributed by atoms with van der Waals surface area (Å²) in [5, 5.41) is 0. The number of rotatable bonds is 8. The molecule has 0 spiro atoms. The van der Waals surface area contributed by atoms with Gasteiger partial charge < -0.3 is 14.2 Å². The van der Waals surface area contributed by atoms with E-state index in [-0.39, 0.29) is 13.2 Å². The van der Waals surface area contributed by atoms with Crippen molar-refractivity contribution >= 4 is 11.9 Å². The zero-order valence-corrected chi connectivity index (χ0v) is 15.5. The molecule has 0 heterocycles. The second kappa shape index (κ2) is 9.38. The van der Waals surface area contributed by atoms with E-state index in [9.17, 15) is 9.59 Å². The summed E-state index contributed by atoms with van der Waals surface area (Å²) in [5.41, 5.74) is 3.13. The van der Waals surface area contributed by atoms with E-state index in [2.05, 4.69) is 13.2 Å². The molecule has 5 heteroatoms. The van der Waals surface area contributed by atoms with E-state index in [1.807, 2.05) is 37.3 Å². The molecule has 0 amide bonds. The van der Waals surface area contributed by atoms with Crippen LogP contribution in [0.2, 0.25) is 0 Å². The van der Waals surface area contributed by atoms with Gasteiger partial charge in [-0.1, -0.05) is 43.0 Å². The van der Waals surface area contributed by atoms with E-state index >= 15 is 0 Å². The van der Waals surface area contributed by atoms with Crippen LogP contribution in [-0.4, -0.2) is 25.2 Å². The van der Waals surface area contributed by atoms with Crippen molar-refractivity contribution < 1.29 is 23.8 Å². The quantitative estimate of drug-likeness (QED) is 0.302. The topological polar surface area (TPSA) is 61.8 Å². The van der Waals surface area contributed by atoms with Gasteiger partial charge in [-0.2, -0.15) is 0 Å². The maximum absolute atomic E-state index is 11.7. The van der Waals surface area contributed by atoms with Crippen LogP contribution in [-0.2, 0) is 14.3 Å². The lowest BCUT2D eigenvalue weighted by Gasteiger charge is -2.13. The van der Waals surface area contributed by atoms with Crippen molar-refractivity contribution in [3.05, 3.63) is 72.8 Å². The van der Waals surface area contributed by atoms with Crippen molar-refractivity contribution in [3.63, 3.8) is 0 Å². The molecule has 0 N–H and O–H groups in total. The van der Waals surface area contributed by atoms with Gasteiger partial charge >= 0.3 is 11.9 Å². The second-order valence-electron chi connectivity index (χ2n) is 5.91. The summed E-state index contributed by atoms with van der Waals surface area (Å²) < 4.78 is 15.9. The maximum Gasteiger partial charge on any atom is 0.335 e. The van der Waals surface area contributed by atoms with E-state index in [1.165, 1.54) is 0 Å². The minimum Gasteiger partial charge on any atom is -0.490 e. The normalized spacial score (nSPS) is 10.0. The molecule has 5 nitrogen and oxygen atoms in total. The van der Waals surface area contributed by atoms with Gasteiger partial charge in [-0.05, 0) is 31.5 Å². The number of aryl methyl sites for hydroxylation is 1. The largest absolute Gasteiger partial charge is 0.490 e. The molecule has 0 fully saturated rings. The molecule has 2 aromatic rings.